The average molecular weight is 470 g/mol. The van der Waals surface area contributed by atoms with Crippen LogP contribution in [0, 0.1) is 0 Å². The monoisotopic (exact) mass is 469 g/mol. The summed E-state index contributed by atoms with van der Waals surface area (Å²) in [6.07, 6.45) is 0. The Hall–Kier alpha value is -1.94. The fourth-order valence-corrected chi connectivity index (χ4v) is 4.63. The Labute approximate surface area is 172 Å². The van der Waals surface area contributed by atoms with Gasteiger partial charge in [0.15, 0.2) is 0 Å². The molecular formula is C19H20BrNO6S. The fourth-order valence-electron chi connectivity index (χ4n) is 2.75. The summed E-state index contributed by atoms with van der Waals surface area (Å²) in [5.74, 6) is 0.000895. The predicted molar refractivity (Wildman–Crippen MR) is 106 cm³/mol. The molecule has 0 N–H and O–H groups in total. The summed E-state index contributed by atoms with van der Waals surface area (Å²) >= 11 is 3.32. The Morgan fingerprint density at radius 1 is 1.18 bits per heavy atom. The van der Waals surface area contributed by atoms with Gasteiger partial charge in [-0.25, -0.2) is 13.2 Å². The van der Waals surface area contributed by atoms with Crippen molar-refractivity contribution < 1.29 is 27.4 Å². The second-order valence-electron chi connectivity index (χ2n) is 6.09. The Bertz CT molecular complexity index is 957. The van der Waals surface area contributed by atoms with Crippen LogP contribution in [0.3, 0.4) is 0 Å². The lowest BCUT2D eigenvalue weighted by atomic mass is 10.2. The minimum Gasteiger partial charge on any atom is -0.497 e. The highest BCUT2D eigenvalue weighted by Crippen LogP contribution is 2.24. The van der Waals surface area contributed by atoms with Gasteiger partial charge in [0.05, 0.1) is 30.8 Å². The van der Waals surface area contributed by atoms with Gasteiger partial charge in [-0.05, 0) is 51.8 Å². The first-order valence-electron chi connectivity index (χ1n) is 8.59. The number of hydrogen-bond donors (Lipinski definition) is 0. The van der Waals surface area contributed by atoms with Crippen LogP contribution in [-0.4, -0.2) is 52.1 Å². The van der Waals surface area contributed by atoms with E-state index in [2.05, 4.69) is 15.9 Å². The van der Waals surface area contributed by atoms with Crippen molar-refractivity contribution in [2.45, 2.75) is 11.5 Å². The highest BCUT2D eigenvalue weighted by molar-refractivity contribution is 9.10. The maximum Gasteiger partial charge on any atom is 0.339 e. The first-order chi connectivity index (χ1) is 13.4. The number of carbonyl (C=O) groups excluding carboxylic acids is 1. The topological polar surface area (TPSA) is 82.1 Å². The minimum atomic E-state index is -3.60. The van der Waals surface area contributed by atoms with Crippen molar-refractivity contribution in [1.82, 2.24) is 4.31 Å². The number of carbonyl (C=O) groups is 1. The van der Waals surface area contributed by atoms with Gasteiger partial charge >= 0.3 is 5.97 Å². The van der Waals surface area contributed by atoms with Gasteiger partial charge < -0.3 is 14.2 Å². The summed E-state index contributed by atoms with van der Waals surface area (Å²) in [6, 6.07) is 11.4. The molecule has 2 aromatic rings. The summed E-state index contributed by atoms with van der Waals surface area (Å²) in [5, 5.41) is 0. The van der Waals surface area contributed by atoms with Crippen molar-refractivity contribution in [2.75, 3.05) is 33.4 Å². The second-order valence-corrected chi connectivity index (χ2v) is 8.88. The number of esters is 1. The molecule has 0 amide bonds. The normalized spacial score (nSPS) is 15.2. The summed E-state index contributed by atoms with van der Waals surface area (Å²) in [4.78, 5) is 12.6. The van der Waals surface area contributed by atoms with Crippen molar-refractivity contribution in [3.05, 3.63) is 58.1 Å². The number of morpholine rings is 1. The number of nitrogens with zero attached hydrogens (tertiary/aromatic N) is 1. The molecule has 28 heavy (non-hydrogen) atoms. The standard InChI is InChI=1S/C19H20BrNO6S/c1-25-15-5-6-18(20)17(12-15)19(22)27-13-14-3-2-4-16(11-14)28(23,24)21-7-9-26-10-8-21/h2-6,11-12H,7-10,13H2,1H3. The third-order valence-corrected chi connectivity index (χ3v) is 6.86. The van der Waals surface area contributed by atoms with E-state index < -0.39 is 16.0 Å². The largest absolute Gasteiger partial charge is 0.497 e. The minimum absolute atomic E-state index is 0.0467. The lowest BCUT2D eigenvalue weighted by Crippen LogP contribution is -2.40. The molecule has 7 nitrogen and oxygen atoms in total. The predicted octanol–water partition coefficient (Wildman–Crippen LogP) is 2.84. The van der Waals surface area contributed by atoms with E-state index in [-0.39, 0.29) is 11.5 Å². The highest BCUT2D eigenvalue weighted by atomic mass is 79.9. The molecule has 9 heteroatoms. The Morgan fingerprint density at radius 3 is 2.64 bits per heavy atom. The van der Waals surface area contributed by atoms with Crippen LogP contribution in [0.25, 0.3) is 0 Å². The zero-order valence-electron chi connectivity index (χ0n) is 15.3. The molecule has 1 heterocycles. The molecule has 0 radical (unpaired) electrons. The molecule has 0 aliphatic carbocycles. The molecule has 0 saturated carbocycles. The molecule has 3 rings (SSSR count). The lowest BCUT2D eigenvalue weighted by Gasteiger charge is -2.26. The van der Waals surface area contributed by atoms with Crippen LogP contribution in [-0.2, 0) is 26.1 Å². The quantitative estimate of drug-likeness (QED) is 0.604. The van der Waals surface area contributed by atoms with Crippen LogP contribution in [0.4, 0.5) is 0 Å². The van der Waals surface area contributed by atoms with Crippen molar-refractivity contribution in [3.63, 3.8) is 0 Å². The van der Waals surface area contributed by atoms with Crippen LogP contribution < -0.4 is 4.74 Å². The fraction of sp³-hybridized carbons (Fsp3) is 0.316. The molecule has 0 atom stereocenters. The van der Waals surface area contributed by atoms with Gasteiger partial charge in [-0.15, -0.1) is 0 Å². The SMILES string of the molecule is COc1ccc(Br)c(C(=O)OCc2cccc(S(=O)(=O)N3CCOCC3)c2)c1. The van der Waals surface area contributed by atoms with Gasteiger partial charge in [-0.1, -0.05) is 12.1 Å². The van der Waals surface area contributed by atoms with E-state index >= 15 is 0 Å². The molecule has 150 valence electrons. The first-order valence-corrected chi connectivity index (χ1v) is 10.8. The number of ether oxygens (including phenoxy) is 3. The van der Waals surface area contributed by atoms with Gasteiger partial charge in [0, 0.05) is 17.6 Å². The van der Waals surface area contributed by atoms with E-state index in [1.807, 2.05) is 0 Å². The van der Waals surface area contributed by atoms with Crippen molar-refractivity contribution in [1.29, 1.82) is 0 Å². The van der Waals surface area contributed by atoms with Gasteiger partial charge in [-0.3, -0.25) is 0 Å². The van der Waals surface area contributed by atoms with E-state index in [9.17, 15) is 13.2 Å². The maximum atomic E-state index is 12.8. The Kier molecular flexibility index (Phi) is 6.71. The van der Waals surface area contributed by atoms with Crippen LogP contribution >= 0.6 is 15.9 Å². The lowest BCUT2D eigenvalue weighted by molar-refractivity contribution is 0.0471. The molecule has 1 saturated heterocycles. The van der Waals surface area contributed by atoms with Crippen LogP contribution in [0.15, 0.2) is 51.8 Å². The zero-order chi connectivity index (χ0) is 20.1. The van der Waals surface area contributed by atoms with E-state index in [0.717, 1.165) is 0 Å². The van der Waals surface area contributed by atoms with Gasteiger partial charge in [0.25, 0.3) is 0 Å². The van der Waals surface area contributed by atoms with Crippen molar-refractivity contribution in [2.24, 2.45) is 0 Å². The molecule has 1 fully saturated rings. The molecule has 0 unspecified atom stereocenters. The first kappa shape index (κ1) is 20.8. The van der Waals surface area contributed by atoms with Crippen molar-refractivity contribution >= 4 is 31.9 Å². The van der Waals surface area contributed by atoms with E-state index in [4.69, 9.17) is 14.2 Å². The summed E-state index contributed by atoms with van der Waals surface area (Å²) in [6.45, 7) is 1.36. The number of sulfonamides is 1. The van der Waals surface area contributed by atoms with E-state index in [0.29, 0.717) is 47.7 Å². The molecule has 0 aromatic heterocycles. The van der Waals surface area contributed by atoms with Crippen LogP contribution in [0.1, 0.15) is 15.9 Å². The number of rotatable bonds is 6. The number of methoxy groups -OCH3 is 1. The molecular weight excluding hydrogens is 450 g/mol. The Morgan fingerprint density at radius 2 is 1.93 bits per heavy atom. The average Bonchev–Trinajstić information content (AvgIpc) is 2.73. The van der Waals surface area contributed by atoms with Crippen LogP contribution in [0.2, 0.25) is 0 Å². The van der Waals surface area contributed by atoms with E-state index in [1.165, 1.54) is 23.5 Å². The molecule has 1 aliphatic rings. The molecule has 0 bridgehead atoms. The van der Waals surface area contributed by atoms with Gasteiger partial charge in [0.2, 0.25) is 10.0 Å². The van der Waals surface area contributed by atoms with Gasteiger partial charge in [-0.2, -0.15) is 4.31 Å². The maximum absolute atomic E-state index is 12.8. The number of benzene rings is 2. The summed E-state index contributed by atoms with van der Waals surface area (Å²) in [5.41, 5.74) is 0.915. The molecule has 1 aliphatic heterocycles. The van der Waals surface area contributed by atoms with Crippen LogP contribution in [0.5, 0.6) is 5.75 Å². The zero-order valence-corrected chi connectivity index (χ0v) is 17.7. The Balaban J connectivity index is 1.72. The number of hydrogen-bond acceptors (Lipinski definition) is 6. The third kappa shape index (κ3) is 4.72. The highest BCUT2D eigenvalue weighted by Gasteiger charge is 2.26. The molecule has 2 aromatic carbocycles. The van der Waals surface area contributed by atoms with Crippen molar-refractivity contribution in [3.8, 4) is 5.75 Å². The third-order valence-electron chi connectivity index (χ3n) is 4.27. The summed E-state index contributed by atoms with van der Waals surface area (Å²) in [7, 11) is -2.09. The summed E-state index contributed by atoms with van der Waals surface area (Å²) < 4.78 is 43.2. The van der Waals surface area contributed by atoms with E-state index in [1.54, 1.807) is 30.3 Å². The molecule has 0 spiro atoms. The van der Waals surface area contributed by atoms with Gasteiger partial charge in [0.1, 0.15) is 12.4 Å². The second kappa shape index (κ2) is 9.04. The smallest absolute Gasteiger partial charge is 0.339 e. The number of halogens is 1.